The third kappa shape index (κ3) is 9.71. The van der Waals surface area contributed by atoms with Crippen LogP contribution in [0, 0.1) is 35.5 Å². The van der Waals surface area contributed by atoms with E-state index in [1.807, 2.05) is 7.11 Å². The summed E-state index contributed by atoms with van der Waals surface area (Å²) >= 11 is 0. The van der Waals surface area contributed by atoms with Crippen LogP contribution < -0.4 is 46.0 Å². The van der Waals surface area contributed by atoms with Crippen molar-refractivity contribution in [3.63, 3.8) is 0 Å². The SMILES string of the molecule is COc1ccc(O[C@@H]2C[C@H](C)CC[C@H]2C(C)C)c(P(c2ccccc2)c2ccccc2)c1-c1cccc(O[C@@H]2C[C@H](C)CC[C@H]2C(C)C)c1P(c1ccccc1)c1ccccc1. The van der Waals surface area contributed by atoms with E-state index < -0.39 is 15.8 Å². The molecule has 62 heavy (non-hydrogen) atoms. The average Bonchev–Trinajstić information content (AvgIpc) is 3.29. The fourth-order valence-electron chi connectivity index (χ4n) is 10.3. The lowest BCUT2D eigenvalue weighted by atomic mass is 9.75. The van der Waals surface area contributed by atoms with Gasteiger partial charge in [-0.05, 0) is 122 Å². The minimum Gasteiger partial charge on any atom is -0.496 e. The molecule has 0 spiro atoms. The molecule has 0 aromatic heterocycles. The lowest BCUT2D eigenvalue weighted by Crippen LogP contribution is -2.38. The van der Waals surface area contributed by atoms with Gasteiger partial charge in [-0.1, -0.05) is 188 Å². The van der Waals surface area contributed by atoms with Crippen LogP contribution in [0.1, 0.15) is 80.1 Å². The highest BCUT2D eigenvalue weighted by molar-refractivity contribution is 7.81. The summed E-state index contributed by atoms with van der Waals surface area (Å²) < 4.78 is 21.8. The van der Waals surface area contributed by atoms with Gasteiger partial charge in [0.15, 0.2) is 0 Å². The number of methoxy groups -OCH3 is 1. The second kappa shape index (κ2) is 20.4. The summed E-state index contributed by atoms with van der Waals surface area (Å²) in [5.74, 6) is 6.04. The molecule has 0 bridgehead atoms. The highest BCUT2D eigenvalue weighted by Gasteiger charge is 2.38. The summed E-state index contributed by atoms with van der Waals surface area (Å²) in [4.78, 5) is 0. The lowest BCUT2D eigenvalue weighted by molar-refractivity contribution is 0.0465. The van der Waals surface area contributed by atoms with Gasteiger partial charge >= 0.3 is 0 Å². The molecule has 2 fully saturated rings. The van der Waals surface area contributed by atoms with E-state index in [4.69, 9.17) is 14.2 Å². The van der Waals surface area contributed by atoms with Gasteiger partial charge in [-0.2, -0.15) is 0 Å². The first kappa shape index (κ1) is 44.2. The molecule has 0 heterocycles. The summed E-state index contributed by atoms with van der Waals surface area (Å²) in [6.45, 7) is 14.3. The quantitative estimate of drug-likeness (QED) is 0.102. The summed E-state index contributed by atoms with van der Waals surface area (Å²) in [7, 11) is -0.390. The van der Waals surface area contributed by atoms with Crippen molar-refractivity contribution >= 4 is 47.7 Å². The number of hydrogen-bond donors (Lipinski definition) is 0. The highest BCUT2D eigenvalue weighted by atomic mass is 31.1. The van der Waals surface area contributed by atoms with Crippen LogP contribution >= 0.6 is 15.8 Å². The van der Waals surface area contributed by atoms with Gasteiger partial charge in [-0.15, -0.1) is 0 Å². The Kier molecular flexibility index (Phi) is 14.5. The van der Waals surface area contributed by atoms with Gasteiger partial charge in [0.2, 0.25) is 0 Å². The Hall–Kier alpha value is -4.42. The zero-order chi connectivity index (χ0) is 43.2. The molecule has 3 nitrogen and oxygen atoms in total. The average molecular weight is 861 g/mol. The smallest absolute Gasteiger partial charge is 0.128 e. The van der Waals surface area contributed by atoms with Crippen LogP contribution in [0.3, 0.4) is 0 Å². The number of benzene rings is 6. The van der Waals surface area contributed by atoms with E-state index in [0.29, 0.717) is 35.5 Å². The maximum atomic E-state index is 7.62. The Balaban J connectivity index is 1.46. The zero-order valence-corrected chi connectivity index (χ0v) is 39.7. The van der Waals surface area contributed by atoms with E-state index in [1.165, 1.54) is 57.5 Å². The van der Waals surface area contributed by atoms with Gasteiger partial charge in [0.05, 0.1) is 7.11 Å². The lowest BCUT2D eigenvalue weighted by Gasteiger charge is -2.39. The molecule has 0 aliphatic heterocycles. The molecule has 0 saturated heterocycles. The molecular weight excluding hydrogens is 795 g/mol. The zero-order valence-electron chi connectivity index (χ0n) is 37.9. The Morgan fingerprint density at radius 3 is 1.23 bits per heavy atom. The van der Waals surface area contributed by atoms with Crippen molar-refractivity contribution < 1.29 is 14.2 Å². The summed E-state index contributed by atoms with van der Waals surface area (Å²) in [6.07, 6.45) is 7.23. The summed E-state index contributed by atoms with van der Waals surface area (Å²) in [6, 6.07) is 55.8. The molecule has 322 valence electrons. The summed E-state index contributed by atoms with van der Waals surface area (Å²) in [5, 5.41) is 7.59. The minimum absolute atomic E-state index is 0.114. The van der Waals surface area contributed by atoms with Crippen LogP contribution in [0.2, 0.25) is 0 Å². The highest BCUT2D eigenvalue weighted by Crippen LogP contribution is 2.50. The predicted molar refractivity (Wildman–Crippen MR) is 267 cm³/mol. The third-order valence-electron chi connectivity index (χ3n) is 13.6. The van der Waals surface area contributed by atoms with Crippen LogP contribution in [0.4, 0.5) is 0 Å². The standard InChI is InChI=1S/C57H66O3P2/c1-39(2)47-33-31-41(5)37-53(47)59-51-30-20-29-49(56(51)61(43-21-12-8-13-22-43)44-23-14-9-15-24-44)55-50(58-7)35-36-52(60-54-38-42(6)32-34-48(54)40(3)4)57(55)62(45-25-16-10-17-26-45)46-27-18-11-19-28-46/h8-30,35-36,39-42,47-48,53-54H,31-34,37-38H2,1-7H3/t41-,42-,47+,48+,53-,54-/m1/s1. The van der Waals surface area contributed by atoms with Crippen molar-refractivity contribution in [1.29, 1.82) is 0 Å². The molecule has 5 heteroatoms. The van der Waals surface area contributed by atoms with Crippen LogP contribution in [0.15, 0.2) is 152 Å². The van der Waals surface area contributed by atoms with E-state index in [0.717, 1.165) is 41.2 Å². The summed E-state index contributed by atoms with van der Waals surface area (Å²) in [5.41, 5.74) is 2.26. The molecule has 0 unspecified atom stereocenters. The molecule has 8 rings (SSSR count). The van der Waals surface area contributed by atoms with Gasteiger partial charge in [0, 0.05) is 16.2 Å². The topological polar surface area (TPSA) is 27.7 Å². The van der Waals surface area contributed by atoms with Crippen LogP contribution in [0.5, 0.6) is 17.2 Å². The molecular formula is C57H66O3P2. The van der Waals surface area contributed by atoms with E-state index in [9.17, 15) is 0 Å². The van der Waals surface area contributed by atoms with Gasteiger partial charge in [0.1, 0.15) is 29.5 Å². The van der Waals surface area contributed by atoms with Gasteiger partial charge < -0.3 is 14.2 Å². The Bertz CT molecular complexity index is 2250. The fourth-order valence-corrected chi connectivity index (χ4v) is 15.4. The monoisotopic (exact) mass is 860 g/mol. The Morgan fingerprint density at radius 1 is 0.435 bits per heavy atom. The number of ether oxygens (including phenoxy) is 3. The molecule has 6 atom stereocenters. The van der Waals surface area contributed by atoms with Crippen LogP contribution in [-0.4, -0.2) is 19.3 Å². The molecule has 0 radical (unpaired) electrons. The molecule has 6 aromatic rings. The van der Waals surface area contributed by atoms with E-state index in [2.05, 4.69) is 193 Å². The van der Waals surface area contributed by atoms with E-state index >= 15 is 0 Å². The Morgan fingerprint density at radius 2 is 0.823 bits per heavy atom. The van der Waals surface area contributed by atoms with Crippen molar-refractivity contribution in [2.24, 2.45) is 35.5 Å². The van der Waals surface area contributed by atoms with Crippen molar-refractivity contribution in [3.8, 4) is 28.4 Å². The van der Waals surface area contributed by atoms with Crippen molar-refractivity contribution in [1.82, 2.24) is 0 Å². The van der Waals surface area contributed by atoms with Crippen LogP contribution in [0.25, 0.3) is 11.1 Å². The number of rotatable bonds is 14. The molecule has 0 N–H and O–H groups in total. The van der Waals surface area contributed by atoms with Gasteiger partial charge in [-0.3, -0.25) is 0 Å². The second-order valence-corrected chi connectivity index (χ2v) is 22.9. The fraction of sp³-hybridized carbons (Fsp3) is 0.368. The molecule has 0 amide bonds. The van der Waals surface area contributed by atoms with E-state index in [1.54, 1.807) is 0 Å². The number of hydrogen-bond acceptors (Lipinski definition) is 3. The predicted octanol–water partition coefficient (Wildman–Crippen LogP) is 12.6. The minimum atomic E-state index is -1.13. The van der Waals surface area contributed by atoms with E-state index in [-0.39, 0.29) is 12.2 Å². The maximum Gasteiger partial charge on any atom is 0.128 e. The third-order valence-corrected chi connectivity index (χ3v) is 18.6. The molecule has 6 aromatic carbocycles. The van der Waals surface area contributed by atoms with Crippen molar-refractivity contribution in [2.45, 2.75) is 92.3 Å². The second-order valence-electron chi connectivity index (χ2n) is 18.6. The first-order valence-corrected chi connectivity index (χ1v) is 25.9. The maximum absolute atomic E-state index is 7.62. The van der Waals surface area contributed by atoms with Crippen molar-refractivity contribution in [2.75, 3.05) is 7.11 Å². The van der Waals surface area contributed by atoms with Crippen molar-refractivity contribution in [3.05, 3.63) is 152 Å². The van der Waals surface area contributed by atoms with Crippen LogP contribution in [-0.2, 0) is 0 Å². The van der Waals surface area contributed by atoms with Gasteiger partial charge in [-0.25, -0.2) is 0 Å². The molecule has 2 aliphatic carbocycles. The molecule has 2 aliphatic rings. The first-order chi connectivity index (χ1) is 30.2. The molecule has 2 saturated carbocycles. The Labute approximate surface area is 375 Å². The largest absolute Gasteiger partial charge is 0.496 e. The normalized spacial score (nSPS) is 21.7. The first-order valence-electron chi connectivity index (χ1n) is 23.2. The van der Waals surface area contributed by atoms with Gasteiger partial charge in [0.25, 0.3) is 0 Å².